The second-order valence-electron chi connectivity index (χ2n) is 27.5. The van der Waals surface area contributed by atoms with Crippen molar-refractivity contribution in [3.8, 4) is 0 Å². The van der Waals surface area contributed by atoms with Crippen molar-refractivity contribution in [2.45, 2.75) is 275 Å². The van der Waals surface area contributed by atoms with Gasteiger partial charge in [-0.15, -0.1) is 0 Å². The molecule has 21 nitrogen and oxygen atoms in total. The molecule has 0 aromatic carbocycles. The number of unbranched alkanes of at least 4 members (excludes halogenated alkanes) is 7. The lowest BCUT2D eigenvalue weighted by Gasteiger charge is -2.73. The van der Waals surface area contributed by atoms with E-state index in [4.69, 9.17) is 33.5 Å². The van der Waals surface area contributed by atoms with E-state index in [0.29, 0.717) is 32.1 Å². The third-order valence-corrected chi connectivity index (χ3v) is 22.4. The fourth-order valence-electron chi connectivity index (χ4n) is 17.5. The molecule has 8 rings (SSSR count). The largest absolute Gasteiger partial charge is 0.481 e. The number of aldehydes is 1. The minimum atomic E-state index is -1.94. The van der Waals surface area contributed by atoms with Crippen molar-refractivity contribution in [3.05, 3.63) is 0 Å². The molecule has 0 radical (unpaired) electrons. The average Bonchev–Trinajstić information content (AvgIpc) is 3.42. The van der Waals surface area contributed by atoms with Gasteiger partial charge in [0.2, 0.25) is 12.2 Å². The van der Waals surface area contributed by atoms with E-state index in [1.54, 1.807) is 0 Å². The van der Waals surface area contributed by atoms with Crippen LogP contribution in [0.3, 0.4) is 0 Å². The molecule has 25 atom stereocenters. The predicted molar refractivity (Wildman–Crippen MR) is 284 cm³/mol. The van der Waals surface area contributed by atoms with Gasteiger partial charge in [0.1, 0.15) is 55.1 Å². The van der Waals surface area contributed by atoms with Crippen molar-refractivity contribution in [1.29, 1.82) is 0 Å². The van der Waals surface area contributed by atoms with Crippen molar-refractivity contribution < 1.29 is 98.7 Å². The summed E-state index contributed by atoms with van der Waals surface area (Å²) in [4.78, 5) is 53.0. The summed E-state index contributed by atoms with van der Waals surface area (Å²) < 4.78 is 36.5. The maximum Gasteiger partial charge on any atom is 0.317 e. The maximum absolute atomic E-state index is 15.7. The summed E-state index contributed by atoms with van der Waals surface area (Å²) in [5.41, 5.74) is -3.58. The number of ether oxygens (including phenoxy) is 6. The van der Waals surface area contributed by atoms with E-state index in [2.05, 4.69) is 39.9 Å². The maximum atomic E-state index is 15.7. The molecule has 3 saturated heterocycles. The number of hydrogen-bond donors (Lipinski definition) is 11. The van der Waals surface area contributed by atoms with Gasteiger partial charge in [0.05, 0.1) is 48.4 Å². The van der Waals surface area contributed by atoms with Gasteiger partial charge in [-0.05, 0) is 129 Å². The lowest BCUT2D eigenvalue weighted by molar-refractivity contribution is -0.370. The number of rotatable bonds is 20. The number of aliphatic carboxylic acids is 1. The molecule has 8 fully saturated rings. The number of carboxylic acid groups (broad SMARTS) is 1. The Bertz CT molecular complexity index is 2150. The second kappa shape index (κ2) is 24.9. The monoisotopic (exact) mass is 1140 g/mol. The van der Waals surface area contributed by atoms with E-state index in [0.717, 1.165) is 76.9 Å². The van der Waals surface area contributed by atoms with Crippen LogP contribution in [0.15, 0.2) is 0 Å². The Balaban J connectivity index is 1.03. The number of carbonyl (C=O) groups excluding carboxylic acids is 3. The van der Waals surface area contributed by atoms with Gasteiger partial charge >= 0.3 is 11.9 Å². The van der Waals surface area contributed by atoms with E-state index in [-0.39, 0.29) is 65.6 Å². The Kier molecular flexibility index (Phi) is 19.7. The normalized spacial score (nSPS) is 48.0. The first-order valence-corrected chi connectivity index (χ1v) is 30.1. The van der Waals surface area contributed by atoms with Gasteiger partial charge in [-0.3, -0.25) is 14.4 Å². The summed E-state index contributed by atoms with van der Waals surface area (Å²) in [5.74, 6) is -2.33. The highest BCUT2D eigenvalue weighted by Gasteiger charge is 2.74. The molecular weight excluding hydrogens is 1040 g/mol. The minimum Gasteiger partial charge on any atom is -0.481 e. The molecule has 3 aliphatic heterocycles. The molecule has 1 amide bonds. The van der Waals surface area contributed by atoms with Crippen LogP contribution in [0.5, 0.6) is 0 Å². The van der Waals surface area contributed by atoms with Crippen molar-refractivity contribution >= 4 is 24.1 Å². The molecular formula is C59H97NO20. The third-order valence-electron chi connectivity index (χ3n) is 22.4. The Labute approximate surface area is 471 Å². The number of carbonyl (C=O) groups is 4. The molecule has 3 heterocycles. The van der Waals surface area contributed by atoms with Crippen LogP contribution in [-0.4, -0.2) is 187 Å². The fraction of sp³-hybridized carbons (Fsp3) is 0.932. The smallest absolute Gasteiger partial charge is 0.317 e. The van der Waals surface area contributed by atoms with Gasteiger partial charge in [0.25, 0.3) is 0 Å². The van der Waals surface area contributed by atoms with Gasteiger partial charge in [0, 0.05) is 12.8 Å². The number of aliphatic hydroxyl groups excluding tert-OH is 9. The Morgan fingerprint density at radius 3 is 1.91 bits per heavy atom. The van der Waals surface area contributed by atoms with Gasteiger partial charge in [-0.1, -0.05) is 80.1 Å². The van der Waals surface area contributed by atoms with E-state index >= 15 is 4.79 Å². The van der Waals surface area contributed by atoms with Gasteiger partial charge < -0.3 is 89.6 Å². The van der Waals surface area contributed by atoms with Crippen LogP contribution in [-0.2, 0) is 47.6 Å². The van der Waals surface area contributed by atoms with Crippen LogP contribution in [0.1, 0.15) is 177 Å². The molecule has 5 aliphatic carbocycles. The standard InChI is InChI=1S/C59H97NO20/c1-31-48(78-50-46(72)43(69)34(63)29-75-50)45(71)47(73)51(76-31)79-49-44(70)42(60-40(66)16-14-12-10-8-9-11-13-15-17-41(67)68)35(28-61)77-52(49)80-53(74)59-25-24-54(2,3)26-33(59)32-18-19-37-55(4)22-21-38(64)56(5,30-62)36(55)20-23-57(37,6)58(32,7)27-39(59)65/h30-39,42-52,61,63-65,69-73H,8-29H2,1-7H3,(H,60,66)(H,67,68)/t31-,32?,33?,34-,35-,36+,37?,38?,39+,42?,43?,44?,45?,46?,47?,48?,49?,50+,51+,52+,55?,56?,57-,58-,59?/m1/s1. The molecule has 0 bridgehead atoms. The van der Waals surface area contributed by atoms with Crippen LogP contribution >= 0.6 is 0 Å². The number of carboxylic acids is 1. The van der Waals surface area contributed by atoms with Crippen molar-refractivity contribution in [2.75, 3.05) is 13.2 Å². The number of nitrogens with one attached hydrogen (secondary N) is 1. The Hall–Kier alpha value is -2.48. The van der Waals surface area contributed by atoms with Gasteiger partial charge in [-0.2, -0.15) is 0 Å². The third kappa shape index (κ3) is 11.7. The summed E-state index contributed by atoms with van der Waals surface area (Å²) in [7, 11) is 0. The average molecular weight is 1140 g/mol. The molecule has 0 spiro atoms. The van der Waals surface area contributed by atoms with E-state index in [9.17, 15) is 60.3 Å². The Morgan fingerprint density at radius 1 is 0.625 bits per heavy atom. The number of fused-ring (bicyclic) bond motifs is 7. The minimum absolute atomic E-state index is 0.0179. The highest BCUT2D eigenvalue weighted by atomic mass is 16.8. The van der Waals surface area contributed by atoms with E-state index in [1.807, 2.05) is 6.92 Å². The summed E-state index contributed by atoms with van der Waals surface area (Å²) >= 11 is 0. The van der Waals surface area contributed by atoms with Crippen LogP contribution in [0.4, 0.5) is 0 Å². The van der Waals surface area contributed by atoms with Crippen LogP contribution < -0.4 is 5.32 Å². The molecule has 5 saturated carbocycles. The molecule has 21 heteroatoms. The first-order chi connectivity index (χ1) is 37.6. The van der Waals surface area contributed by atoms with Gasteiger partial charge in [-0.25, -0.2) is 0 Å². The zero-order chi connectivity index (χ0) is 58.5. The fourth-order valence-corrected chi connectivity index (χ4v) is 17.5. The lowest BCUT2D eigenvalue weighted by Crippen LogP contribution is -2.71. The molecule has 80 heavy (non-hydrogen) atoms. The summed E-state index contributed by atoms with van der Waals surface area (Å²) in [5, 5.41) is 113. The quantitative estimate of drug-likeness (QED) is 0.0474. The molecule has 8 aliphatic rings. The van der Waals surface area contributed by atoms with Gasteiger partial charge in [0.15, 0.2) is 18.7 Å². The zero-order valence-electron chi connectivity index (χ0n) is 48.2. The van der Waals surface area contributed by atoms with Crippen LogP contribution in [0, 0.1) is 56.2 Å². The number of hydrogen-bond acceptors (Lipinski definition) is 19. The van der Waals surface area contributed by atoms with Crippen molar-refractivity contribution in [2.24, 2.45) is 56.2 Å². The molecule has 458 valence electrons. The summed E-state index contributed by atoms with van der Waals surface area (Å²) in [6.07, 6.45) is -9.36. The molecule has 0 aromatic rings. The first kappa shape index (κ1) is 63.5. The zero-order valence-corrected chi connectivity index (χ0v) is 48.2. The van der Waals surface area contributed by atoms with Crippen LogP contribution in [0.25, 0.3) is 0 Å². The summed E-state index contributed by atoms with van der Waals surface area (Å²) in [6, 6.07) is -1.35. The molecule has 0 aromatic heterocycles. The number of aliphatic hydroxyl groups is 9. The van der Waals surface area contributed by atoms with E-state index < -0.39 is 145 Å². The van der Waals surface area contributed by atoms with E-state index in [1.165, 1.54) is 6.92 Å². The molecule has 15 unspecified atom stereocenters. The van der Waals surface area contributed by atoms with Crippen molar-refractivity contribution in [3.63, 3.8) is 0 Å². The second-order valence-corrected chi connectivity index (χ2v) is 27.5. The predicted octanol–water partition coefficient (Wildman–Crippen LogP) is 3.15. The molecule has 11 N–H and O–H groups in total. The Morgan fingerprint density at radius 2 is 1.26 bits per heavy atom. The van der Waals surface area contributed by atoms with Crippen molar-refractivity contribution in [1.82, 2.24) is 5.32 Å². The topological polar surface area (TPSA) is 338 Å². The number of amides is 1. The lowest BCUT2D eigenvalue weighted by atomic mass is 9.31. The number of esters is 1. The summed E-state index contributed by atoms with van der Waals surface area (Å²) in [6.45, 7) is 13.5. The van der Waals surface area contributed by atoms with Crippen LogP contribution in [0.2, 0.25) is 0 Å². The SMILES string of the molecule is C[C@H]1O[C@@H](OC2C(O)C(NC(=O)CCCCCCCCCCC(=O)O)[C@@H](CO)O[C@H]2OC(=O)C23CCC(C)(C)CC2C2CCC4C5(C)CCC(O)C(C)(C=O)[C@H]5CC[C@@]4(C)[C@]2(C)C[C@@H]3O)C(O)C(O)C1O[C@@H]1OC[C@@H](O)C(O)C1O. The first-order valence-electron chi connectivity index (χ1n) is 30.1. The highest BCUT2D eigenvalue weighted by Crippen LogP contribution is 2.77. The highest BCUT2D eigenvalue weighted by molar-refractivity contribution is 5.79.